The highest BCUT2D eigenvalue weighted by Gasteiger charge is 2.42. The maximum absolute atomic E-state index is 12.6. The number of carbonyl (C=O) groups is 3. The van der Waals surface area contributed by atoms with Gasteiger partial charge in [-0.25, -0.2) is 4.79 Å². The molecule has 9 nitrogen and oxygen atoms in total. The Labute approximate surface area is 195 Å². The summed E-state index contributed by atoms with van der Waals surface area (Å²) >= 11 is 0. The van der Waals surface area contributed by atoms with E-state index < -0.39 is 29.2 Å². The molecule has 2 N–H and O–H groups in total. The first-order valence-corrected chi connectivity index (χ1v) is 11.3. The lowest BCUT2D eigenvalue weighted by atomic mass is 9.94. The number of rotatable bonds is 12. The molecule has 0 unspecified atom stereocenters. The predicted octanol–water partition coefficient (Wildman–Crippen LogP) is 2.72. The monoisotopic (exact) mass is 464 g/mol. The van der Waals surface area contributed by atoms with E-state index in [9.17, 15) is 14.4 Å². The first kappa shape index (κ1) is 26.6. The second kappa shape index (κ2) is 12.6. The molecule has 1 fully saturated rings. The summed E-state index contributed by atoms with van der Waals surface area (Å²) in [5.41, 5.74) is -0.376. The molecule has 1 heterocycles. The van der Waals surface area contributed by atoms with Crippen LogP contribution in [0.1, 0.15) is 52.5 Å². The smallest absolute Gasteiger partial charge is 0.407 e. The van der Waals surface area contributed by atoms with Crippen LogP contribution < -0.4 is 10.6 Å². The third-order valence-electron chi connectivity index (χ3n) is 4.81. The average molecular weight is 465 g/mol. The number of nitrogens with one attached hydrogen (secondary N) is 2. The molecule has 0 radical (unpaired) electrons. The second-order valence-corrected chi connectivity index (χ2v) is 9.18. The zero-order valence-corrected chi connectivity index (χ0v) is 20.0. The molecule has 0 aromatic heterocycles. The molecule has 9 heteroatoms. The molecule has 1 saturated heterocycles. The summed E-state index contributed by atoms with van der Waals surface area (Å²) in [7, 11) is 0. The Kier molecular flexibility index (Phi) is 10.1. The Hall–Kier alpha value is -2.65. The number of hydrogen-bond acceptors (Lipinski definition) is 8. The molecule has 1 aromatic rings. The van der Waals surface area contributed by atoms with E-state index in [1.54, 1.807) is 20.8 Å². The van der Waals surface area contributed by atoms with Crippen molar-refractivity contribution < 1.29 is 33.3 Å². The number of ether oxygens (including phenoxy) is 4. The standard InChI is InChI=1S/C24H36N2O7/c1-5-13-31-21(28)19(11-12-20(27)33-23(2,3)4)26-24(16-30-17-24)15-25-22(29)32-14-18-9-7-6-8-10-18/h6-10,19,26H,5,11-17H2,1-4H3,(H,25,29)/t19-/m0/s1. The van der Waals surface area contributed by atoms with Crippen LogP contribution in [0, 0.1) is 0 Å². The molecule has 1 aliphatic rings. The molecule has 0 aliphatic carbocycles. The second-order valence-electron chi connectivity index (χ2n) is 9.18. The Balaban J connectivity index is 1.91. The molecule has 1 amide bonds. The fourth-order valence-electron chi connectivity index (χ4n) is 3.18. The van der Waals surface area contributed by atoms with E-state index in [2.05, 4.69) is 10.6 Å². The topological polar surface area (TPSA) is 112 Å². The van der Waals surface area contributed by atoms with E-state index in [0.717, 1.165) is 5.56 Å². The summed E-state index contributed by atoms with van der Waals surface area (Å²) < 4.78 is 21.3. The van der Waals surface area contributed by atoms with E-state index in [4.69, 9.17) is 18.9 Å². The SMILES string of the molecule is CCCOC(=O)[C@H](CCC(=O)OC(C)(C)C)NC1(CNC(=O)OCc2ccccc2)COC1. The maximum Gasteiger partial charge on any atom is 0.407 e. The van der Waals surface area contributed by atoms with Crippen molar-refractivity contribution in [3.8, 4) is 0 Å². The van der Waals surface area contributed by atoms with Gasteiger partial charge < -0.3 is 24.3 Å². The molecule has 1 aromatic carbocycles. The van der Waals surface area contributed by atoms with E-state index in [0.29, 0.717) is 19.6 Å². The lowest BCUT2D eigenvalue weighted by Gasteiger charge is -2.44. The number of benzene rings is 1. The quantitative estimate of drug-likeness (QED) is 0.359. The molecular formula is C24H36N2O7. The molecule has 1 aliphatic heterocycles. The van der Waals surface area contributed by atoms with Crippen molar-refractivity contribution in [2.75, 3.05) is 26.4 Å². The van der Waals surface area contributed by atoms with Gasteiger partial charge in [0.05, 0.1) is 25.4 Å². The van der Waals surface area contributed by atoms with Gasteiger partial charge in [-0.2, -0.15) is 0 Å². The minimum absolute atomic E-state index is 0.0552. The van der Waals surface area contributed by atoms with Gasteiger partial charge in [-0.15, -0.1) is 0 Å². The lowest BCUT2D eigenvalue weighted by Crippen LogP contribution is -2.69. The van der Waals surface area contributed by atoms with Gasteiger partial charge in [-0.1, -0.05) is 37.3 Å². The van der Waals surface area contributed by atoms with Crippen molar-refractivity contribution in [1.29, 1.82) is 0 Å². The number of esters is 2. The summed E-state index contributed by atoms with van der Waals surface area (Å²) in [6.07, 6.45) is 0.385. The van der Waals surface area contributed by atoms with E-state index >= 15 is 0 Å². The third-order valence-corrected chi connectivity index (χ3v) is 4.81. The van der Waals surface area contributed by atoms with Crippen molar-refractivity contribution in [1.82, 2.24) is 10.6 Å². The summed E-state index contributed by atoms with van der Waals surface area (Å²) in [6, 6.07) is 8.63. The molecule has 1 atom stereocenters. The normalized spacial score (nSPS) is 15.6. The van der Waals surface area contributed by atoms with Crippen LogP contribution in [0.25, 0.3) is 0 Å². The minimum Gasteiger partial charge on any atom is -0.465 e. The van der Waals surface area contributed by atoms with Crippen molar-refractivity contribution in [3.63, 3.8) is 0 Å². The third kappa shape index (κ3) is 9.79. The van der Waals surface area contributed by atoms with Crippen molar-refractivity contribution >= 4 is 18.0 Å². The number of carbonyl (C=O) groups excluding carboxylic acids is 3. The van der Waals surface area contributed by atoms with Crippen molar-refractivity contribution in [2.24, 2.45) is 0 Å². The maximum atomic E-state index is 12.6. The molecular weight excluding hydrogens is 428 g/mol. The van der Waals surface area contributed by atoms with E-state index in [1.807, 2.05) is 37.3 Å². The van der Waals surface area contributed by atoms with Crippen LogP contribution in [-0.4, -0.2) is 61.6 Å². The molecule has 0 saturated carbocycles. The van der Waals surface area contributed by atoms with Gasteiger partial charge in [0.25, 0.3) is 0 Å². The van der Waals surface area contributed by atoms with E-state index in [1.165, 1.54) is 0 Å². The number of amides is 1. The van der Waals surface area contributed by atoms with Crippen molar-refractivity contribution in [2.45, 2.75) is 70.7 Å². The van der Waals surface area contributed by atoms with Crippen molar-refractivity contribution in [3.05, 3.63) is 35.9 Å². The van der Waals surface area contributed by atoms with Crippen LogP contribution in [0.4, 0.5) is 4.79 Å². The fourth-order valence-corrected chi connectivity index (χ4v) is 3.18. The van der Waals surface area contributed by atoms with Crippen LogP contribution in [0.3, 0.4) is 0 Å². The summed E-state index contributed by atoms with van der Waals surface area (Å²) in [4.78, 5) is 36.9. The first-order valence-electron chi connectivity index (χ1n) is 11.3. The Morgan fingerprint density at radius 1 is 1.12 bits per heavy atom. The Bertz CT molecular complexity index is 773. The highest BCUT2D eigenvalue weighted by molar-refractivity contribution is 5.77. The van der Waals surface area contributed by atoms with Crippen LogP contribution in [0.15, 0.2) is 30.3 Å². The first-order chi connectivity index (χ1) is 15.6. The highest BCUT2D eigenvalue weighted by atomic mass is 16.6. The van der Waals surface area contributed by atoms with E-state index in [-0.39, 0.29) is 38.6 Å². The Morgan fingerprint density at radius 2 is 1.82 bits per heavy atom. The van der Waals surface area contributed by atoms with Crippen LogP contribution in [-0.2, 0) is 35.1 Å². The van der Waals surface area contributed by atoms with Gasteiger partial charge in [0.15, 0.2) is 0 Å². The molecule has 2 rings (SSSR count). The predicted molar refractivity (Wildman–Crippen MR) is 121 cm³/mol. The van der Waals surface area contributed by atoms with Crippen LogP contribution in [0.2, 0.25) is 0 Å². The molecule has 0 bridgehead atoms. The minimum atomic E-state index is -0.741. The average Bonchev–Trinajstić information content (AvgIpc) is 2.74. The number of alkyl carbamates (subject to hydrolysis) is 1. The van der Waals surface area contributed by atoms with Gasteiger partial charge in [0.1, 0.15) is 18.2 Å². The number of hydrogen-bond donors (Lipinski definition) is 2. The van der Waals surface area contributed by atoms with Crippen LogP contribution >= 0.6 is 0 Å². The van der Waals surface area contributed by atoms with Crippen LogP contribution in [0.5, 0.6) is 0 Å². The zero-order valence-electron chi connectivity index (χ0n) is 20.0. The summed E-state index contributed by atoms with van der Waals surface area (Å²) in [6.45, 7) is 8.53. The molecule has 184 valence electrons. The van der Waals surface area contributed by atoms with Gasteiger partial charge in [-0.3, -0.25) is 14.9 Å². The highest BCUT2D eigenvalue weighted by Crippen LogP contribution is 2.19. The summed E-state index contributed by atoms with van der Waals surface area (Å²) in [5, 5.41) is 5.98. The van der Waals surface area contributed by atoms with Gasteiger partial charge in [-0.05, 0) is 39.2 Å². The molecule has 0 spiro atoms. The van der Waals surface area contributed by atoms with Gasteiger partial charge >= 0.3 is 18.0 Å². The van der Waals surface area contributed by atoms with Gasteiger partial charge in [0.2, 0.25) is 0 Å². The van der Waals surface area contributed by atoms with Gasteiger partial charge in [0, 0.05) is 13.0 Å². The largest absolute Gasteiger partial charge is 0.465 e. The molecule has 33 heavy (non-hydrogen) atoms. The Morgan fingerprint density at radius 3 is 2.39 bits per heavy atom. The summed E-state index contributed by atoms with van der Waals surface area (Å²) in [5.74, 6) is -0.836. The zero-order chi connectivity index (χ0) is 24.3. The lowest BCUT2D eigenvalue weighted by molar-refractivity contribution is -0.156. The fraction of sp³-hybridized carbons (Fsp3) is 0.625.